The van der Waals surface area contributed by atoms with Crippen molar-refractivity contribution in [3.8, 4) is 0 Å². The van der Waals surface area contributed by atoms with E-state index in [-0.39, 0.29) is 17.2 Å². The molecule has 0 aliphatic rings. The summed E-state index contributed by atoms with van der Waals surface area (Å²) in [6.45, 7) is 4.30. The number of anilines is 1. The van der Waals surface area contributed by atoms with Gasteiger partial charge in [-0.25, -0.2) is 14.0 Å². The molecule has 3 N–H and O–H groups in total. The Bertz CT molecular complexity index is 461. The van der Waals surface area contributed by atoms with Gasteiger partial charge in [0.25, 0.3) is 0 Å². The lowest BCUT2D eigenvalue weighted by Crippen LogP contribution is -2.32. The van der Waals surface area contributed by atoms with Crippen LogP contribution in [0, 0.1) is 11.7 Å². The fraction of sp³-hybridized carbons (Fsp3) is 0.333. The average molecular weight is 254 g/mol. The van der Waals surface area contributed by atoms with E-state index in [0.29, 0.717) is 6.54 Å². The molecule has 0 unspecified atom stereocenters. The number of hydrogen-bond donors (Lipinski definition) is 3. The molecule has 1 aromatic carbocycles. The normalized spacial score (nSPS) is 10.2. The van der Waals surface area contributed by atoms with E-state index in [1.54, 1.807) is 0 Å². The number of halogens is 1. The molecule has 0 bridgehead atoms. The Kier molecular flexibility index (Phi) is 4.65. The van der Waals surface area contributed by atoms with Gasteiger partial charge in [-0.05, 0) is 24.1 Å². The highest BCUT2D eigenvalue weighted by atomic mass is 19.1. The first-order valence-electron chi connectivity index (χ1n) is 5.48. The molecule has 0 radical (unpaired) electrons. The Morgan fingerprint density at radius 2 is 2.06 bits per heavy atom. The van der Waals surface area contributed by atoms with Gasteiger partial charge in [-0.3, -0.25) is 0 Å². The maximum atomic E-state index is 13.4. The number of amides is 2. The summed E-state index contributed by atoms with van der Waals surface area (Å²) in [5.74, 6) is -1.59. The molecule has 0 spiro atoms. The van der Waals surface area contributed by atoms with E-state index in [9.17, 15) is 14.0 Å². The Balaban J connectivity index is 2.74. The number of carbonyl (C=O) groups is 2. The number of aromatic carboxylic acids is 1. The number of rotatable bonds is 4. The number of carbonyl (C=O) groups excluding carboxylic acids is 1. The summed E-state index contributed by atoms with van der Waals surface area (Å²) in [4.78, 5) is 22.1. The second-order valence-electron chi connectivity index (χ2n) is 4.23. The molecular formula is C12H15FN2O3. The van der Waals surface area contributed by atoms with Crippen LogP contribution in [0.15, 0.2) is 18.2 Å². The van der Waals surface area contributed by atoms with Crippen LogP contribution >= 0.6 is 0 Å². The van der Waals surface area contributed by atoms with Gasteiger partial charge < -0.3 is 15.7 Å². The highest BCUT2D eigenvalue weighted by Crippen LogP contribution is 2.16. The Morgan fingerprint density at radius 3 is 2.61 bits per heavy atom. The number of carboxylic acids is 1. The van der Waals surface area contributed by atoms with Gasteiger partial charge in [-0.2, -0.15) is 0 Å². The van der Waals surface area contributed by atoms with E-state index in [1.165, 1.54) is 0 Å². The minimum Gasteiger partial charge on any atom is -0.478 e. The molecule has 18 heavy (non-hydrogen) atoms. The third-order valence-electron chi connectivity index (χ3n) is 2.13. The minimum atomic E-state index is -1.18. The van der Waals surface area contributed by atoms with Crippen molar-refractivity contribution in [2.75, 3.05) is 11.9 Å². The van der Waals surface area contributed by atoms with Gasteiger partial charge in [0.1, 0.15) is 5.82 Å². The van der Waals surface area contributed by atoms with Crippen molar-refractivity contribution in [3.05, 3.63) is 29.6 Å². The molecule has 0 saturated heterocycles. The van der Waals surface area contributed by atoms with Crippen molar-refractivity contribution < 1.29 is 19.1 Å². The molecule has 0 heterocycles. The van der Waals surface area contributed by atoms with Crippen molar-refractivity contribution in [2.24, 2.45) is 5.92 Å². The number of hydrogen-bond acceptors (Lipinski definition) is 2. The van der Waals surface area contributed by atoms with Crippen LogP contribution in [0.3, 0.4) is 0 Å². The lowest BCUT2D eigenvalue weighted by atomic mass is 10.2. The van der Waals surface area contributed by atoms with Crippen molar-refractivity contribution in [3.63, 3.8) is 0 Å². The van der Waals surface area contributed by atoms with Crippen molar-refractivity contribution in [1.29, 1.82) is 0 Å². The molecule has 5 nitrogen and oxygen atoms in total. The molecule has 2 amide bonds. The molecule has 6 heteroatoms. The summed E-state index contributed by atoms with van der Waals surface area (Å²) >= 11 is 0. The molecule has 0 saturated carbocycles. The van der Waals surface area contributed by atoms with E-state index >= 15 is 0 Å². The van der Waals surface area contributed by atoms with Crippen molar-refractivity contribution >= 4 is 17.7 Å². The predicted octanol–water partition coefficient (Wildman–Crippen LogP) is 2.30. The van der Waals surface area contributed by atoms with E-state index in [1.807, 2.05) is 13.8 Å². The molecular weight excluding hydrogens is 239 g/mol. The maximum absolute atomic E-state index is 13.4. The summed E-state index contributed by atoms with van der Waals surface area (Å²) < 4.78 is 13.4. The average Bonchev–Trinajstić information content (AvgIpc) is 2.29. The number of nitrogens with one attached hydrogen (secondary N) is 2. The van der Waals surface area contributed by atoms with Crippen LogP contribution in [-0.4, -0.2) is 23.7 Å². The summed E-state index contributed by atoms with van der Waals surface area (Å²) in [5.41, 5.74) is -0.244. The molecule has 0 fully saturated rings. The zero-order valence-electron chi connectivity index (χ0n) is 10.2. The van der Waals surface area contributed by atoms with Gasteiger partial charge in [-0.1, -0.05) is 13.8 Å². The molecule has 0 aromatic heterocycles. The first kappa shape index (κ1) is 14.0. The van der Waals surface area contributed by atoms with E-state index in [2.05, 4.69) is 10.6 Å². The Hall–Kier alpha value is -2.11. The van der Waals surface area contributed by atoms with Gasteiger partial charge in [0.15, 0.2) is 0 Å². The van der Waals surface area contributed by atoms with Crippen LogP contribution in [0.5, 0.6) is 0 Å². The summed E-state index contributed by atoms with van der Waals surface area (Å²) in [6.07, 6.45) is 0. The topological polar surface area (TPSA) is 78.4 Å². The van der Waals surface area contributed by atoms with Gasteiger partial charge >= 0.3 is 12.0 Å². The lowest BCUT2D eigenvalue weighted by Gasteiger charge is -2.10. The smallest absolute Gasteiger partial charge is 0.335 e. The Labute approximate surface area is 104 Å². The van der Waals surface area contributed by atoms with Crippen LogP contribution in [0.25, 0.3) is 0 Å². The summed E-state index contributed by atoms with van der Waals surface area (Å²) in [5, 5.41) is 13.6. The van der Waals surface area contributed by atoms with Crippen LogP contribution in [-0.2, 0) is 0 Å². The first-order chi connectivity index (χ1) is 8.40. The molecule has 0 atom stereocenters. The second kappa shape index (κ2) is 6.00. The fourth-order valence-electron chi connectivity index (χ4n) is 1.22. The van der Waals surface area contributed by atoms with Gasteiger partial charge in [0.05, 0.1) is 11.3 Å². The van der Waals surface area contributed by atoms with Crippen LogP contribution < -0.4 is 10.6 Å². The fourth-order valence-corrected chi connectivity index (χ4v) is 1.22. The Morgan fingerprint density at radius 1 is 1.39 bits per heavy atom. The maximum Gasteiger partial charge on any atom is 0.335 e. The molecule has 0 aliphatic carbocycles. The molecule has 0 aliphatic heterocycles. The molecule has 1 rings (SSSR count). The minimum absolute atomic E-state index is 0.0874. The SMILES string of the molecule is CC(C)CNC(=O)Nc1cc(C(=O)O)ccc1F. The van der Waals surface area contributed by atoms with Gasteiger partial charge in [0.2, 0.25) is 0 Å². The third kappa shape index (κ3) is 4.04. The highest BCUT2D eigenvalue weighted by Gasteiger charge is 2.10. The summed E-state index contributed by atoms with van der Waals surface area (Å²) in [6, 6.07) is 2.65. The van der Waals surface area contributed by atoms with Crippen LogP contribution in [0.1, 0.15) is 24.2 Å². The van der Waals surface area contributed by atoms with E-state index in [0.717, 1.165) is 18.2 Å². The van der Waals surface area contributed by atoms with Gasteiger partial charge in [0, 0.05) is 6.54 Å². The van der Waals surface area contributed by atoms with E-state index < -0.39 is 17.8 Å². The standard InChI is InChI=1S/C12H15FN2O3/c1-7(2)6-14-12(18)15-10-5-8(11(16)17)3-4-9(10)13/h3-5,7H,6H2,1-2H3,(H,16,17)(H2,14,15,18). The zero-order chi connectivity index (χ0) is 13.7. The first-order valence-corrected chi connectivity index (χ1v) is 5.48. The number of benzene rings is 1. The quantitative estimate of drug-likeness (QED) is 0.771. The summed E-state index contributed by atoms with van der Waals surface area (Å²) in [7, 11) is 0. The van der Waals surface area contributed by atoms with Crippen molar-refractivity contribution in [2.45, 2.75) is 13.8 Å². The number of carboxylic acid groups (broad SMARTS) is 1. The zero-order valence-corrected chi connectivity index (χ0v) is 10.2. The largest absolute Gasteiger partial charge is 0.478 e. The van der Waals surface area contributed by atoms with Crippen LogP contribution in [0.2, 0.25) is 0 Å². The van der Waals surface area contributed by atoms with Gasteiger partial charge in [-0.15, -0.1) is 0 Å². The van der Waals surface area contributed by atoms with E-state index in [4.69, 9.17) is 5.11 Å². The second-order valence-corrected chi connectivity index (χ2v) is 4.23. The molecule has 98 valence electrons. The lowest BCUT2D eigenvalue weighted by molar-refractivity contribution is 0.0697. The third-order valence-corrected chi connectivity index (χ3v) is 2.13. The van der Waals surface area contributed by atoms with Crippen LogP contribution in [0.4, 0.5) is 14.9 Å². The predicted molar refractivity (Wildman–Crippen MR) is 65.2 cm³/mol. The monoisotopic (exact) mass is 254 g/mol. The number of urea groups is 1. The molecule has 1 aromatic rings. The van der Waals surface area contributed by atoms with Crippen molar-refractivity contribution in [1.82, 2.24) is 5.32 Å². The highest BCUT2D eigenvalue weighted by molar-refractivity contribution is 5.93.